The molecule has 10 heteroatoms. The van der Waals surface area contributed by atoms with Crippen molar-refractivity contribution >= 4 is 21.5 Å². The van der Waals surface area contributed by atoms with Crippen molar-refractivity contribution in [1.82, 2.24) is 15.0 Å². The van der Waals surface area contributed by atoms with Gasteiger partial charge in [-0.05, 0) is 24.3 Å². The highest BCUT2D eigenvalue weighted by molar-refractivity contribution is 7.92. The first-order chi connectivity index (χ1) is 15.0. The molecule has 3 heterocycles. The first kappa shape index (κ1) is 21.0. The minimum Gasteiger partial charge on any atom is -0.471 e. The van der Waals surface area contributed by atoms with Crippen molar-refractivity contribution in [2.75, 3.05) is 42.2 Å². The normalized spacial score (nSPS) is 14.3. The molecule has 1 fully saturated rings. The molecule has 0 unspecified atom stereocenters. The number of nitrogens with zero attached hydrogens (tertiary/aromatic N) is 4. The molecule has 4 rings (SSSR count). The van der Waals surface area contributed by atoms with Gasteiger partial charge in [0, 0.05) is 36.6 Å². The van der Waals surface area contributed by atoms with Crippen molar-refractivity contribution in [2.45, 2.75) is 6.61 Å². The molecule has 1 aromatic carbocycles. The number of pyridine rings is 1. The molecule has 0 radical (unpaired) electrons. The van der Waals surface area contributed by atoms with E-state index in [0.29, 0.717) is 49.3 Å². The van der Waals surface area contributed by atoms with Gasteiger partial charge in [0.1, 0.15) is 12.4 Å². The van der Waals surface area contributed by atoms with Gasteiger partial charge in [0.05, 0.1) is 25.2 Å². The number of morpholine rings is 1. The van der Waals surface area contributed by atoms with Crippen molar-refractivity contribution in [1.29, 1.82) is 0 Å². The summed E-state index contributed by atoms with van der Waals surface area (Å²) >= 11 is 0. The van der Waals surface area contributed by atoms with Crippen molar-refractivity contribution in [3.63, 3.8) is 0 Å². The van der Waals surface area contributed by atoms with E-state index in [9.17, 15) is 8.42 Å². The standard InChI is InChI=1S/C21H23N5O4S/c1-31(27,28)25-17-7-4-5-16(13-17)21-23-19(26-9-11-29-12-10-26)14-20(24-21)30-15-18-6-2-3-8-22-18/h2-8,13-14,25H,9-12,15H2,1H3. The Kier molecular flexibility index (Phi) is 6.28. The summed E-state index contributed by atoms with van der Waals surface area (Å²) in [7, 11) is -3.39. The van der Waals surface area contributed by atoms with Crippen molar-refractivity contribution in [2.24, 2.45) is 0 Å². The third-order valence-electron chi connectivity index (χ3n) is 4.54. The zero-order valence-electron chi connectivity index (χ0n) is 17.1. The third-order valence-corrected chi connectivity index (χ3v) is 5.15. The van der Waals surface area contributed by atoms with Gasteiger partial charge in [0.15, 0.2) is 5.82 Å². The Morgan fingerprint density at radius 2 is 1.94 bits per heavy atom. The Balaban J connectivity index is 1.66. The molecule has 0 amide bonds. The number of nitrogens with one attached hydrogen (secondary N) is 1. The van der Waals surface area contributed by atoms with Crippen LogP contribution >= 0.6 is 0 Å². The van der Waals surface area contributed by atoms with Crippen molar-refractivity contribution in [3.8, 4) is 17.3 Å². The number of aromatic nitrogens is 3. The lowest BCUT2D eigenvalue weighted by Gasteiger charge is -2.28. The Morgan fingerprint density at radius 3 is 2.68 bits per heavy atom. The van der Waals surface area contributed by atoms with Gasteiger partial charge in [-0.2, -0.15) is 4.98 Å². The molecule has 162 valence electrons. The summed E-state index contributed by atoms with van der Waals surface area (Å²) in [6.07, 6.45) is 2.82. The van der Waals surface area contributed by atoms with Crippen LogP contribution < -0.4 is 14.4 Å². The second-order valence-corrected chi connectivity index (χ2v) is 8.80. The Bertz CT molecular complexity index is 1140. The van der Waals surface area contributed by atoms with E-state index in [2.05, 4.69) is 19.6 Å². The number of anilines is 2. The van der Waals surface area contributed by atoms with Gasteiger partial charge in [0.25, 0.3) is 0 Å². The summed E-state index contributed by atoms with van der Waals surface area (Å²) in [6, 6.07) is 14.4. The summed E-state index contributed by atoms with van der Waals surface area (Å²) in [5, 5.41) is 0. The van der Waals surface area contributed by atoms with Crippen molar-refractivity contribution in [3.05, 3.63) is 60.4 Å². The van der Waals surface area contributed by atoms with Crippen LogP contribution in [0.25, 0.3) is 11.4 Å². The maximum absolute atomic E-state index is 11.6. The second kappa shape index (κ2) is 9.27. The van der Waals surface area contributed by atoms with Gasteiger partial charge in [-0.25, -0.2) is 13.4 Å². The summed E-state index contributed by atoms with van der Waals surface area (Å²) in [5.74, 6) is 1.58. The van der Waals surface area contributed by atoms with Crippen LogP contribution in [0.5, 0.6) is 5.88 Å². The lowest BCUT2D eigenvalue weighted by molar-refractivity contribution is 0.122. The number of benzene rings is 1. The van der Waals surface area contributed by atoms with E-state index in [0.717, 1.165) is 17.8 Å². The zero-order valence-corrected chi connectivity index (χ0v) is 17.9. The van der Waals surface area contributed by atoms with E-state index in [1.54, 1.807) is 30.5 Å². The number of hydrogen-bond acceptors (Lipinski definition) is 8. The van der Waals surface area contributed by atoms with Crippen LogP contribution in [0.4, 0.5) is 11.5 Å². The van der Waals surface area contributed by atoms with Gasteiger partial charge >= 0.3 is 0 Å². The van der Waals surface area contributed by atoms with E-state index < -0.39 is 10.0 Å². The molecule has 0 atom stereocenters. The molecular weight excluding hydrogens is 418 g/mol. The lowest BCUT2D eigenvalue weighted by atomic mass is 10.2. The molecule has 2 aromatic heterocycles. The van der Waals surface area contributed by atoms with Crippen LogP contribution in [-0.4, -0.2) is 55.9 Å². The topological polar surface area (TPSA) is 107 Å². The summed E-state index contributed by atoms with van der Waals surface area (Å²) in [4.78, 5) is 15.6. The maximum atomic E-state index is 11.6. The van der Waals surface area contributed by atoms with Crippen LogP contribution in [-0.2, 0) is 21.4 Å². The molecule has 0 spiro atoms. The summed E-state index contributed by atoms with van der Waals surface area (Å²) in [6.45, 7) is 2.95. The first-order valence-corrected chi connectivity index (χ1v) is 11.7. The van der Waals surface area contributed by atoms with Gasteiger partial charge in [-0.1, -0.05) is 18.2 Å². The van der Waals surface area contributed by atoms with E-state index in [1.807, 2.05) is 24.3 Å². The van der Waals surface area contributed by atoms with Gasteiger partial charge < -0.3 is 14.4 Å². The van der Waals surface area contributed by atoms with Crippen LogP contribution in [0.1, 0.15) is 5.69 Å². The fraction of sp³-hybridized carbons (Fsp3) is 0.286. The molecular formula is C21H23N5O4S. The number of hydrogen-bond donors (Lipinski definition) is 1. The Morgan fingerprint density at radius 1 is 1.10 bits per heavy atom. The molecule has 1 aliphatic rings. The van der Waals surface area contributed by atoms with Crippen LogP contribution in [0.2, 0.25) is 0 Å². The van der Waals surface area contributed by atoms with Crippen molar-refractivity contribution < 1.29 is 17.9 Å². The molecule has 0 aliphatic carbocycles. The van der Waals surface area contributed by atoms with E-state index in [1.165, 1.54) is 0 Å². The molecule has 0 bridgehead atoms. The summed E-state index contributed by atoms with van der Waals surface area (Å²) in [5.41, 5.74) is 1.90. The first-order valence-electron chi connectivity index (χ1n) is 9.79. The average molecular weight is 442 g/mol. The molecule has 1 aliphatic heterocycles. The smallest absolute Gasteiger partial charge is 0.229 e. The van der Waals surface area contributed by atoms with Crippen LogP contribution in [0.3, 0.4) is 0 Å². The van der Waals surface area contributed by atoms with E-state index in [4.69, 9.17) is 14.5 Å². The fourth-order valence-corrected chi connectivity index (χ4v) is 3.69. The predicted molar refractivity (Wildman–Crippen MR) is 118 cm³/mol. The number of rotatable bonds is 7. The second-order valence-electron chi connectivity index (χ2n) is 7.05. The lowest BCUT2D eigenvalue weighted by Crippen LogP contribution is -2.36. The quantitative estimate of drug-likeness (QED) is 0.595. The van der Waals surface area contributed by atoms with Gasteiger partial charge in [-0.15, -0.1) is 0 Å². The minimum atomic E-state index is -3.39. The molecule has 1 saturated heterocycles. The van der Waals surface area contributed by atoms with E-state index >= 15 is 0 Å². The maximum Gasteiger partial charge on any atom is 0.229 e. The Labute approximate surface area is 181 Å². The highest BCUT2D eigenvalue weighted by Crippen LogP contribution is 2.26. The highest BCUT2D eigenvalue weighted by atomic mass is 32.2. The average Bonchev–Trinajstić information content (AvgIpc) is 2.78. The molecule has 31 heavy (non-hydrogen) atoms. The molecule has 0 saturated carbocycles. The SMILES string of the molecule is CS(=O)(=O)Nc1cccc(-c2nc(OCc3ccccn3)cc(N3CCOCC3)n2)c1. The monoisotopic (exact) mass is 441 g/mol. The van der Waals surface area contributed by atoms with Gasteiger partial charge in [0.2, 0.25) is 15.9 Å². The zero-order chi connectivity index (χ0) is 21.7. The predicted octanol–water partition coefficient (Wildman–Crippen LogP) is 2.33. The highest BCUT2D eigenvalue weighted by Gasteiger charge is 2.17. The van der Waals surface area contributed by atoms with Gasteiger partial charge in [-0.3, -0.25) is 9.71 Å². The molecule has 1 N–H and O–H groups in total. The third kappa shape index (κ3) is 5.89. The van der Waals surface area contributed by atoms with E-state index in [-0.39, 0.29) is 6.61 Å². The minimum absolute atomic E-state index is 0.273. The number of sulfonamides is 1. The molecule has 9 nitrogen and oxygen atoms in total. The summed E-state index contributed by atoms with van der Waals surface area (Å²) < 4.78 is 37.0. The largest absolute Gasteiger partial charge is 0.471 e. The van der Waals surface area contributed by atoms with Crippen LogP contribution in [0.15, 0.2) is 54.7 Å². The Hall–Kier alpha value is -3.24. The van der Waals surface area contributed by atoms with Crippen LogP contribution in [0, 0.1) is 0 Å². The fourth-order valence-electron chi connectivity index (χ4n) is 3.14. The number of ether oxygens (including phenoxy) is 2. The molecule has 3 aromatic rings.